The first-order chi connectivity index (χ1) is 4.58. The zero-order chi connectivity index (χ0) is 7.61. The van der Waals surface area contributed by atoms with E-state index in [2.05, 4.69) is 4.72 Å². The van der Waals surface area contributed by atoms with Crippen LogP contribution in [0, 0.1) is 0 Å². The van der Waals surface area contributed by atoms with Crippen LogP contribution in [-0.4, -0.2) is 27.7 Å². The summed E-state index contributed by atoms with van der Waals surface area (Å²) >= 11 is 0. The molecule has 0 aromatic carbocycles. The molecule has 0 saturated carbocycles. The van der Waals surface area contributed by atoms with Crippen LogP contribution in [0.15, 0.2) is 0 Å². The van der Waals surface area contributed by atoms with E-state index in [-0.39, 0.29) is 6.04 Å². The van der Waals surface area contributed by atoms with Gasteiger partial charge in [-0.3, -0.25) is 0 Å². The van der Waals surface area contributed by atoms with E-state index < -0.39 is 10.2 Å². The van der Waals surface area contributed by atoms with Gasteiger partial charge in [0.25, 0.3) is 10.2 Å². The van der Waals surface area contributed by atoms with E-state index in [0.29, 0.717) is 19.6 Å². The minimum atomic E-state index is -3.54. The second-order valence-electron chi connectivity index (χ2n) is 2.22. The molecule has 1 atom stereocenters. The average molecular weight is 166 g/mol. The molecule has 1 fully saturated rings. The molecule has 0 amide bonds. The monoisotopic (exact) mass is 166 g/mol. The van der Waals surface area contributed by atoms with Crippen molar-refractivity contribution in [3.8, 4) is 0 Å². The third-order valence-electron chi connectivity index (χ3n) is 1.26. The maximum absolute atomic E-state index is 10.4. The van der Waals surface area contributed by atoms with Gasteiger partial charge in [0, 0.05) is 12.6 Å². The molecule has 10 heavy (non-hydrogen) atoms. The molecule has 0 spiro atoms. The Morgan fingerprint density at radius 2 is 2.30 bits per heavy atom. The van der Waals surface area contributed by atoms with E-state index in [9.17, 15) is 8.42 Å². The zero-order valence-corrected chi connectivity index (χ0v) is 6.23. The van der Waals surface area contributed by atoms with Crippen molar-refractivity contribution >= 4 is 10.2 Å². The van der Waals surface area contributed by atoms with Crippen LogP contribution in [0.25, 0.3) is 0 Å². The standard InChI is InChI=1S/C4H10N2O3S/c5-10(7,8)6-4-1-2-9-3-4/h4,6H,1-3H2,(H2,5,7,8)/t4-/m1/s1. The summed E-state index contributed by atoms with van der Waals surface area (Å²) in [5.41, 5.74) is 0. The number of nitrogens with one attached hydrogen (secondary N) is 1. The highest BCUT2D eigenvalue weighted by molar-refractivity contribution is 7.87. The fraction of sp³-hybridized carbons (Fsp3) is 1.00. The Balaban J connectivity index is 2.38. The lowest BCUT2D eigenvalue weighted by atomic mass is 10.3. The molecule has 0 aliphatic carbocycles. The first-order valence-corrected chi connectivity index (χ1v) is 4.50. The van der Waals surface area contributed by atoms with Crippen LogP contribution < -0.4 is 9.86 Å². The Bertz CT molecular complexity index is 195. The Hall–Kier alpha value is -0.170. The molecule has 0 bridgehead atoms. The summed E-state index contributed by atoms with van der Waals surface area (Å²) in [6, 6.07) is -0.130. The minimum absolute atomic E-state index is 0.130. The van der Waals surface area contributed by atoms with Crippen LogP contribution in [0.5, 0.6) is 0 Å². The first kappa shape index (κ1) is 7.93. The summed E-state index contributed by atoms with van der Waals surface area (Å²) in [6.45, 7) is 1.03. The summed E-state index contributed by atoms with van der Waals surface area (Å²) < 4.78 is 28.0. The fourth-order valence-corrected chi connectivity index (χ4v) is 1.51. The van der Waals surface area contributed by atoms with Crippen LogP contribution in [0.4, 0.5) is 0 Å². The highest BCUT2D eigenvalue weighted by Gasteiger charge is 2.18. The van der Waals surface area contributed by atoms with E-state index in [1.807, 2.05) is 0 Å². The fourth-order valence-electron chi connectivity index (χ4n) is 0.860. The van der Waals surface area contributed by atoms with Gasteiger partial charge in [-0.25, -0.2) is 5.14 Å². The van der Waals surface area contributed by atoms with Crippen molar-refractivity contribution in [1.29, 1.82) is 0 Å². The molecular weight excluding hydrogens is 156 g/mol. The molecule has 6 heteroatoms. The van der Waals surface area contributed by atoms with Crippen molar-refractivity contribution in [3.63, 3.8) is 0 Å². The average Bonchev–Trinajstić information content (AvgIpc) is 2.12. The zero-order valence-electron chi connectivity index (χ0n) is 5.41. The van der Waals surface area contributed by atoms with Crippen LogP contribution in [0.1, 0.15) is 6.42 Å². The van der Waals surface area contributed by atoms with Crippen molar-refractivity contribution in [2.75, 3.05) is 13.2 Å². The quantitative estimate of drug-likeness (QED) is 0.527. The minimum Gasteiger partial charge on any atom is -0.380 e. The SMILES string of the molecule is NS(=O)(=O)N[C@@H]1CCOC1. The van der Waals surface area contributed by atoms with Gasteiger partial charge in [-0.1, -0.05) is 0 Å². The van der Waals surface area contributed by atoms with Crippen molar-refractivity contribution < 1.29 is 13.2 Å². The Morgan fingerprint density at radius 3 is 2.70 bits per heavy atom. The third-order valence-corrected chi connectivity index (χ3v) is 1.92. The van der Waals surface area contributed by atoms with Crippen molar-refractivity contribution in [3.05, 3.63) is 0 Å². The molecular formula is C4H10N2O3S. The topological polar surface area (TPSA) is 81.4 Å². The lowest BCUT2D eigenvalue weighted by Crippen LogP contribution is -2.39. The van der Waals surface area contributed by atoms with E-state index >= 15 is 0 Å². The molecule has 5 nitrogen and oxygen atoms in total. The van der Waals surface area contributed by atoms with Gasteiger partial charge in [0.2, 0.25) is 0 Å². The largest absolute Gasteiger partial charge is 0.380 e. The van der Waals surface area contributed by atoms with Crippen molar-refractivity contribution in [1.82, 2.24) is 4.72 Å². The molecule has 3 N–H and O–H groups in total. The molecule has 0 unspecified atom stereocenters. The van der Waals surface area contributed by atoms with Crippen LogP contribution >= 0.6 is 0 Å². The molecule has 1 aliphatic heterocycles. The van der Waals surface area contributed by atoms with Crippen molar-refractivity contribution in [2.24, 2.45) is 5.14 Å². The Labute approximate surface area is 59.7 Å². The first-order valence-electron chi connectivity index (χ1n) is 2.96. The van der Waals surface area contributed by atoms with Crippen molar-refractivity contribution in [2.45, 2.75) is 12.5 Å². The smallest absolute Gasteiger partial charge is 0.274 e. The molecule has 1 saturated heterocycles. The Kier molecular flexibility index (Phi) is 2.24. The van der Waals surface area contributed by atoms with Gasteiger partial charge >= 0.3 is 0 Å². The van der Waals surface area contributed by atoms with E-state index in [0.717, 1.165) is 0 Å². The molecule has 1 heterocycles. The molecule has 60 valence electrons. The number of hydrogen-bond acceptors (Lipinski definition) is 3. The lowest BCUT2D eigenvalue weighted by Gasteiger charge is -2.05. The molecule has 1 rings (SSSR count). The highest BCUT2D eigenvalue weighted by atomic mass is 32.2. The molecule has 0 aromatic heterocycles. The van der Waals surface area contributed by atoms with Gasteiger partial charge in [0.1, 0.15) is 0 Å². The molecule has 0 aromatic rings. The van der Waals surface area contributed by atoms with Gasteiger partial charge < -0.3 is 4.74 Å². The van der Waals surface area contributed by atoms with Crippen LogP contribution in [0.3, 0.4) is 0 Å². The van der Waals surface area contributed by atoms with E-state index in [1.165, 1.54) is 0 Å². The number of ether oxygens (including phenoxy) is 1. The van der Waals surface area contributed by atoms with Gasteiger partial charge in [0.05, 0.1) is 6.61 Å². The summed E-state index contributed by atoms with van der Waals surface area (Å²) in [7, 11) is -3.54. The van der Waals surface area contributed by atoms with Crippen LogP contribution in [-0.2, 0) is 14.9 Å². The number of nitrogens with two attached hydrogens (primary N) is 1. The normalized spacial score (nSPS) is 27.1. The predicted molar refractivity (Wildman–Crippen MR) is 35.5 cm³/mol. The highest BCUT2D eigenvalue weighted by Crippen LogP contribution is 2.02. The van der Waals surface area contributed by atoms with Gasteiger partial charge in [-0.15, -0.1) is 0 Å². The molecule has 1 aliphatic rings. The summed E-state index contributed by atoms with van der Waals surface area (Å²) in [6.07, 6.45) is 0.705. The summed E-state index contributed by atoms with van der Waals surface area (Å²) in [5, 5.41) is 4.72. The summed E-state index contributed by atoms with van der Waals surface area (Å²) in [5.74, 6) is 0. The Morgan fingerprint density at radius 1 is 1.60 bits per heavy atom. The van der Waals surface area contributed by atoms with E-state index in [1.54, 1.807) is 0 Å². The van der Waals surface area contributed by atoms with Gasteiger partial charge in [0.15, 0.2) is 0 Å². The molecule has 0 radical (unpaired) electrons. The predicted octanol–water partition coefficient (Wildman–Crippen LogP) is -1.43. The second-order valence-corrected chi connectivity index (χ2v) is 3.55. The second kappa shape index (κ2) is 2.83. The number of rotatable bonds is 2. The summed E-state index contributed by atoms with van der Waals surface area (Å²) in [4.78, 5) is 0. The van der Waals surface area contributed by atoms with Gasteiger partial charge in [-0.05, 0) is 6.42 Å². The van der Waals surface area contributed by atoms with E-state index in [4.69, 9.17) is 9.88 Å². The maximum Gasteiger partial charge on any atom is 0.274 e. The van der Waals surface area contributed by atoms with Crippen LogP contribution in [0.2, 0.25) is 0 Å². The maximum atomic E-state index is 10.4. The third kappa shape index (κ3) is 2.61. The van der Waals surface area contributed by atoms with Gasteiger partial charge in [-0.2, -0.15) is 13.1 Å². The lowest BCUT2D eigenvalue weighted by molar-refractivity contribution is 0.192. The number of hydrogen-bond donors (Lipinski definition) is 2.